The van der Waals surface area contributed by atoms with Gasteiger partial charge in [0.1, 0.15) is 5.82 Å². The van der Waals surface area contributed by atoms with Crippen LogP contribution in [0.2, 0.25) is 0 Å². The highest BCUT2D eigenvalue weighted by molar-refractivity contribution is 9.10. The van der Waals surface area contributed by atoms with Gasteiger partial charge in [0.25, 0.3) is 0 Å². The molecule has 1 N–H and O–H groups in total. The van der Waals surface area contributed by atoms with E-state index in [-0.39, 0.29) is 11.4 Å². The summed E-state index contributed by atoms with van der Waals surface area (Å²) in [6.45, 7) is 3.12. The minimum Gasteiger partial charge on any atom is -0.337 e. The van der Waals surface area contributed by atoms with E-state index in [0.717, 1.165) is 37.8 Å². The quantitative estimate of drug-likeness (QED) is 0.901. The van der Waals surface area contributed by atoms with Gasteiger partial charge in [-0.2, -0.15) is 4.98 Å². The fourth-order valence-electron chi connectivity index (χ4n) is 2.93. The maximum atomic E-state index is 13.2. The molecule has 21 heavy (non-hydrogen) atoms. The number of hydrogen-bond acceptors (Lipinski definition) is 4. The maximum absolute atomic E-state index is 13.2. The van der Waals surface area contributed by atoms with Crippen molar-refractivity contribution in [3.05, 3.63) is 34.4 Å². The highest BCUT2D eigenvalue weighted by Gasteiger charge is 2.39. The fourth-order valence-corrected chi connectivity index (χ4v) is 3.46. The molecule has 1 fully saturated rings. The SMILES string of the molecule is CCCC1(c2nc(-c3ccc(F)cc3Br)no2)CCCN1. The van der Waals surface area contributed by atoms with Gasteiger partial charge in [-0.05, 0) is 59.9 Å². The largest absolute Gasteiger partial charge is 0.337 e. The van der Waals surface area contributed by atoms with Gasteiger partial charge in [-0.3, -0.25) is 0 Å². The third-order valence-electron chi connectivity index (χ3n) is 3.93. The molecule has 1 saturated heterocycles. The maximum Gasteiger partial charge on any atom is 0.247 e. The molecule has 6 heteroatoms. The molecule has 0 bridgehead atoms. The van der Waals surface area contributed by atoms with Gasteiger partial charge in [0.15, 0.2) is 0 Å². The molecule has 0 amide bonds. The van der Waals surface area contributed by atoms with E-state index < -0.39 is 0 Å². The monoisotopic (exact) mass is 353 g/mol. The standard InChI is InChI=1S/C15H17BrFN3O/c1-2-6-15(7-3-8-18-15)14-19-13(20-21-14)11-5-4-10(17)9-12(11)16/h4-5,9,18H,2-3,6-8H2,1H3. The van der Waals surface area contributed by atoms with Gasteiger partial charge in [0, 0.05) is 10.0 Å². The van der Waals surface area contributed by atoms with Crippen LogP contribution >= 0.6 is 15.9 Å². The van der Waals surface area contributed by atoms with Crippen molar-refractivity contribution in [2.75, 3.05) is 6.54 Å². The van der Waals surface area contributed by atoms with Crippen molar-refractivity contribution in [1.29, 1.82) is 0 Å². The zero-order valence-corrected chi connectivity index (χ0v) is 13.4. The molecule has 1 aromatic heterocycles. The topological polar surface area (TPSA) is 51.0 Å². The Morgan fingerprint density at radius 1 is 1.48 bits per heavy atom. The molecule has 1 atom stereocenters. The summed E-state index contributed by atoms with van der Waals surface area (Å²) >= 11 is 3.34. The second kappa shape index (κ2) is 5.85. The molecule has 2 heterocycles. The fraction of sp³-hybridized carbons (Fsp3) is 0.467. The van der Waals surface area contributed by atoms with Crippen LogP contribution in [0.3, 0.4) is 0 Å². The van der Waals surface area contributed by atoms with Crippen molar-refractivity contribution in [3.63, 3.8) is 0 Å². The van der Waals surface area contributed by atoms with Crippen molar-refractivity contribution < 1.29 is 8.91 Å². The lowest BCUT2D eigenvalue weighted by molar-refractivity contribution is 0.241. The van der Waals surface area contributed by atoms with Crippen molar-refractivity contribution in [3.8, 4) is 11.4 Å². The van der Waals surface area contributed by atoms with Gasteiger partial charge >= 0.3 is 0 Å². The van der Waals surface area contributed by atoms with E-state index in [1.807, 2.05) is 0 Å². The zero-order chi connectivity index (χ0) is 14.9. The van der Waals surface area contributed by atoms with E-state index in [9.17, 15) is 4.39 Å². The minimum atomic E-state index is -0.297. The highest BCUT2D eigenvalue weighted by Crippen LogP contribution is 2.36. The number of rotatable bonds is 4. The third-order valence-corrected chi connectivity index (χ3v) is 4.58. The molecule has 1 aromatic carbocycles. The lowest BCUT2D eigenvalue weighted by atomic mass is 9.92. The van der Waals surface area contributed by atoms with Gasteiger partial charge < -0.3 is 9.84 Å². The number of halogens is 2. The first-order valence-electron chi connectivity index (χ1n) is 7.19. The minimum absolute atomic E-state index is 0.202. The van der Waals surface area contributed by atoms with Crippen molar-refractivity contribution in [2.24, 2.45) is 0 Å². The Balaban J connectivity index is 1.95. The van der Waals surface area contributed by atoms with Crippen molar-refractivity contribution in [1.82, 2.24) is 15.5 Å². The van der Waals surface area contributed by atoms with E-state index >= 15 is 0 Å². The predicted octanol–water partition coefficient (Wildman–Crippen LogP) is 4.02. The summed E-state index contributed by atoms with van der Waals surface area (Å²) in [5.41, 5.74) is 0.531. The van der Waals surface area contributed by atoms with Crippen LogP contribution in [0.1, 0.15) is 38.5 Å². The first-order valence-corrected chi connectivity index (χ1v) is 7.98. The van der Waals surface area contributed by atoms with Crippen molar-refractivity contribution in [2.45, 2.75) is 38.1 Å². The van der Waals surface area contributed by atoms with E-state index in [0.29, 0.717) is 16.2 Å². The lowest BCUT2D eigenvalue weighted by Crippen LogP contribution is -2.36. The first-order chi connectivity index (χ1) is 10.1. The van der Waals surface area contributed by atoms with E-state index in [2.05, 4.69) is 38.3 Å². The number of aromatic nitrogens is 2. The molecular formula is C15H17BrFN3O. The van der Waals surface area contributed by atoms with Gasteiger partial charge in [0.05, 0.1) is 5.54 Å². The average molecular weight is 354 g/mol. The number of benzene rings is 1. The number of nitrogens with one attached hydrogen (secondary N) is 1. The zero-order valence-electron chi connectivity index (χ0n) is 11.8. The summed E-state index contributed by atoms with van der Waals surface area (Å²) < 4.78 is 19.3. The second-order valence-electron chi connectivity index (χ2n) is 5.41. The molecule has 0 spiro atoms. The molecule has 4 nitrogen and oxygen atoms in total. The number of hydrogen-bond donors (Lipinski definition) is 1. The molecular weight excluding hydrogens is 337 g/mol. The Bertz CT molecular complexity index is 638. The van der Waals surface area contributed by atoms with Gasteiger partial charge in [-0.25, -0.2) is 4.39 Å². The third kappa shape index (κ3) is 2.74. The molecule has 0 aliphatic carbocycles. The first kappa shape index (κ1) is 14.7. The van der Waals surface area contributed by atoms with Crippen LogP contribution in [0.25, 0.3) is 11.4 Å². The lowest BCUT2D eigenvalue weighted by Gasteiger charge is -2.24. The molecule has 112 valence electrons. The average Bonchev–Trinajstić information content (AvgIpc) is 3.08. The normalized spacial score (nSPS) is 21.9. The summed E-state index contributed by atoms with van der Waals surface area (Å²) in [6, 6.07) is 4.45. The van der Waals surface area contributed by atoms with Gasteiger partial charge in [-0.15, -0.1) is 0 Å². The van der Waals surface area contributed by atoms with E-state index in [1.165, 1.54) is 12.1 Å². The molecule has 1 aliphatic rings. The molecule has 2 aromatic rings. The Hall–Kier alpha value is -1.27. The predicted molar refractivity (Wildman–Crippen MR) is 81.2 cm³/mol. The van der Waals surface area contributed by atoms with Crippen LogP contribution in [0, 0.1) is 5.82 Å². The Kier molecular flexibility index (Phi) is 4.08. The van der Waals surface area contributed by atoms with Crippen LogP contribution < -0.4 is 5.32 Å². The summed E-state index contributed by atoms with van der Waals surface area (Å²) in [6.07, 6.45) is 4.13. The molecule has 1 unspecified atom stereocenters. The summed E-state index contributed by atoms with van der Waals surface area (Å²) in [7, 11) is 0. The molecule has 0 radical (unpaired) electrons. The number of nitrogens with zero attached hydrogens (tertiary/aromatic N) is 2. The van der Waals surface area contributed by atoms with Crippen molar-refractivity contribution >= 4 is 15.9 Å². The van der Waals surface area contributed by atoms with Crippen LogP contribution in [-0.4, -0.2) is 16.7 Å². The summed E-state index contributed by atoms with van der Waals surface area (Å²) in [4.78, 5) is 4.55. The Morgan fingerprint density at radius 3 is 3.00 bits per heavy atom. The van der Waals surface area contributed by atoms with Crippen LogP contribution in [-0.2, 0) is 5.54 Å². The van der Waals surface area contributed by atoms with E-state index in [1.54, 1.807) is 6.07 Å². The van der Waals surface area contributed by atoms with E-state index in [4.69, 9.17) is 4.52 Å². The smallest absolute Gasteiger partial charge is 0.247 e. The molecule has 0 saturated carbocycles. The second-order valence-corrected chi connectivity index (χ2v) is 6.26. The molecule has 1 aliphatic heterocycles. The molecule has 3 rings (SSSR count). The summed E-state index contributed by atoms with van der Waals surface area (Å²) in [5, 5.41) is 7.58. The Labute approximate surface area is 131 Å². The van der Waals surface area contributed by atoms with Gasteiger partial charge in [0.2, 0.25) is 11.7 Å². The highest BCUT2D eigenvalue weighted by atomic mass is 79.9. The van der Waals surface area contributed by atoms with Gasteiger partial charge in [-0.1, -0.05) is 18.5 Å². The Morgan fingerprint density at radius 2 is 2.33 bits per heavy atom. The van der Waals surface area contributed by atoms with Crippen LogP contribution in [0.4, 0.5) is 4.39 Å². The van der Waals surface area contributed by atoms with Crippen LogP contribution in [0.15, 0.2) is 27.2 Å². The van der Waals surface area contributed by atoms with Crippen LogP contribution in [0.5, 0.6) is 0 Å². The summed E-state index contributed by atoms with van der Waals surface area (Å²) in [5.74, 6) is 0.823.